The highest BCUT2D eigenvalue weighted by Crippen LogP contribution is 2.38. The summed E-state index contributed by atoms with van der Waals surface area (Å²) in [6, 6.07) is 4.22. The van der Waals surface area contributed by atoms with Gasteiger partial charge in [0, 0.05) is 18.8 Å². The van der Waals surface area contributed by atoms with Crippen molar-refractivity contribution >= 4 is 5.91 Å². The van der Waals surface area contributed by atoms with E-state index in [-0.39, 0.29) is 11.3 Å². The molecule has 0 aliphatic heterocycles. The van der Waals surface area contributed by atoms with Crippen LogP contribution in [0.5, 0.6) is 0 Å². The number of nitrogens with zero attached hydrogens (tertiary/aromatic N) is 1. The normalized spacial score (nSPS) is 23.6. The highest BCUT2D eigenvalue weighted by Gasteiger charge is 2.35. The van der Waals surface area contributed by atoms with Gasteiger partial charge in [0.15, 0.2) is 0 Å². The standard InChI is InChI=1S/C17H28N2O/c1-12-10-11-15(19(12)5)16(20)18-14-9-7-6-8-13(14)17(2,3)4/h10-11,13-14H,6-9H2,1-5H3,(H,18,20). The minimum absolute atomic E-state index is 0.0711. The van der Waals surface area contributed by atoms with Crippen molar-refractivity contribution in [3.8, 4) is 0 Å². The molecule has 2 atom stereocenters. The first-order valence-electron chi connectivity index (χ1n) is 7.74. The number of carbonyl (C=O) groups excluding carboxylic acids is 1. The van der Waals surface area contributed by atoms with E-state index in [0.29, 0.717) is 12.0 Å². The third kappa shape index (κ3) is 3.08. The number of hydrogen-bond donors (Lipinski definition) is 1. The molecular formula is C17H28N2O. The maximum atomic E-state index is 12.5. The zero-order valence-corrected chi connectivity index (χ0v) is 13.5. The second-order valence-corrected chi connectivity index (χ2v) is 7.26. The lowest BCUT2D eigenvalue weighted by Gasteiger charge is -2.40. The van der Waals surface area contributed by atoms with E-state index >= 15 is 0 Å². The minimum atomic E-state index is 0.0711. The largest absolute Gasteiger partial charge is 0.348 e. The van der Waals surface area contributed by atoms with E-state index in [1.807, 2.05) is 30.7 Å². The highest BCUT2D eigenvalue weighted by atomic mass is 16.2. The molecule has 20 heavy (non-hydrogen) atoms. The van der Waals surface area contributed by atoms with Gasteiger partial charge in [-0.2, -0.15) is 0 Å². The number of nitrogens with one attached hydrogen (secondary N) is 1. The van der Waals surface area contributed by atoms with Crippen molar-refractivity contribution in [1.82, 2.24) is 9.88 Å². The van der Waals surface area contributed by atoms with Crippen molar-refractivity contribution < 1.29 is 4.79 Å². The van der Waals surface area contributed by atoms with Crippen molar-refractivity contribution in [3.63, 3.8) is 0 Å². The number of amides is 1. The smallest absolute Gasteiger partial charge is 0.268 e. The van der Waals surface area contributed by atoms with E-state index in [1.54, 1.807) is 0 Å². The minimum Gasteiger partial charge on any atom is -0.348 e. The first kappa shape index (κ1) is 15.1. The first-order valence-corrected chi connectivity index (χ1v) is 7.74. The molecule has 1 saturated carbocycles. The van der Waals surface area contributed by atoms with Gasteiger partial charge in [-0.25, -0.2) is 0 Å². The zero-order valence-electron chi connectivity index (χ0n) is 13.5. The molecule has 1 fully saturated rings. The molecule has 1 aromatic rings. The Bertz CT molecular complexity index is 482. The summed E-state index contributed by atoms with van der Waals surface area (Å²) in [5, 5.41) is 3.29. The number of carbonyl (C=O) groups is 1. The second kappa shape index (κ2) is 5.63. The molecule has 1 N–H and O–H groups in total. The molecular weight excluding hydrogens is 248 g/mol. The van der Waals surface area contributed by atoms with E-state index in [9.17, 15) is 4.79 Å². The van der Waals surface area contributed by atoms with Crippen LogP contribution in [0.2, 0.25) is 0 Å². The number of aryl methyl sites for hydroxylation is 1. The molecule has 1 aliphatic carbocycles. The van der Waals surface area contributed by atoms with Gasteiger partial charge in [-0.05, 0) is 43.2 Å². The van der Waals surface area contributed by atoms with Crippen LogP contribution in [-0.2, 0) is 7.05 Å². The third-order valence-electron chi connectivity index (χ3n) is 4.80. The van der Waals surface area contributed by atoms with Crippen LogP contribution in [-0.4, -0.2) is 16.5 Å². The van der Waals surface area contributed by atoms with Crippen LogP contribution < -0.4 is 5.32 Å². The molecule has 0 saturated heterocycles. The van der Waals surface area contributed by atoms with Gasteiger partial charge in [0.1, 0.15) is 5.69 Å². The van der Waals surface area contributed by atoms with Crippen molar-refractivity contribution in [2.24, 2.45) is 18.4 Å². The molecule has 2 unspecified atom stereocenters. The summed E-state index contributed by atoms with van der Waals surface area (Å²) >= 11 is 0. The Morgan fingerprint density at radius 1 is 1.25 bits per heavy atom. The Kier molecular flexibility index (Phi) is 4.26. The first-order chi connectivity index (χ1) is 9.30. The van der Waals surface area contributed by atoms with Gasteiger partial charge >= 0.3 is 0 Å². The number of hydrogen-bond acceptors (Lipinski definition) is 1. The fraction of sp³-hybridized carbons (Fsp3) is 0.706. The van der Waals surface area contributed by atoms with Crippen molar-refractivity contribution in [2.45, 2.75) is 59.4 Å². The van der Waals surface area contributed by atoms with Crippen LogP contribution in [0.15, 0.2) is 12.1 Å². The average molecular weight is 276 g/mol. The molecule has 1 aliphatic rings. The summed E-state index contributed by atoms with van der Waals surface area (Å²) in [4.78, 5) is 12.5. The average Bonchev–Trinajstić information content (AvgIpc) is 2.69. The summed E-state index contributed by atoms with van der Waals surface area (Å²) < 4.78 is 1.96. The molecule has 3 heteroatoms. The van der Waals surface area contributed by atoms with Gasteiger partial charge in [0.2, 0.25) is 0 Å². The molecule has 2 rings (SSSR count). The van der Waals surface area contributed by atoms with Crippen LogP contribution in [0, 0.1) is 18.3 Å². The predicted octanol–water partition coefficient (Wildman–Crippen LogP) is 3.67. The second-order valence-electron chi connectivity index (χ2n) is 7.26. The van der Waals surface area contributed by atoms with Crippen molar-refractivity contribution in [3.05, 3.63) is 23.5 Å². The lowest BCUT2D eigenvalue weighted by Crippen LogP contribution is -2.47. The molecule has 1 amide bonds. The van der Waals surface area contributed by atoms with Crippen molar-refractivity contribution in [2.75, 3.05) is 0 Å². The Labute approximate surface area is 122 Å². The summed E-state index contributed by atoms with van der Waals surface area (Å²) in [6.07, 6.45) is 4.85. The van der Waals surface area contributed by atoms with E-state index in [4.69, 9.17) is 0 Å². The lowest BCUT2D eigenvalue weighted by atomic mass is 9.69. The Hall–Kier alpha value is -1.25. The summed E-state index contributed by atoms with van der Waals surface area (Å²) in [6.45, 7) is 8.88. The maximum Gasteiger partial charge on any atom is 0.268 e. The molecule has 1 heterocycles. The van der Waals surface area contributed by atoms with E-state index in [2.05, 4.69) is 26.1 Å². The number of rotatable bonds is 2. The van der Waals surface area contributed by atoms with Crippen molar-refractivity contribution in [1.29, 1.82) is 0 Å². The molecule has 1 aromatic heterocycles. The van der Waals surface area contributed by atoms with Crippen LogP contribution in [0.3, 0.4) is 0 Å². The topological polar surface area (TPSA) is 34.0 Å². The molecule has 0 spiro atoms. The third-order valence-corrected chi connectivity index (χ3v) is 4.80. The number of aromatic nitrogens is 1. The van der Waals surface area contributed by atoms with Crippen LogP contribution in [0.4, 0.5) is 0 Å². The fourth-order valence-electron chi connectivity index (χ4n) is 3.42. The summed E-state index contributed by atoms with van der Waals surface area (Å²) in [5.41, 5.74) is 2.13. The molecule has 112 valence electrons. The van der Waals surface area contributed by atoms with Gasteiger partial charge in [-0.15, -0.1) is 0 Å². The molecule has 0 aromatic carbocycles. The van der Waals surface area contributed by atoms with Gasteiger partial charge in [0.05, 0.1) is 0 Å². The van der Waals surface area contributed by atoms with Gasteiger partial charge in [0.25, 0.3) is 5.91 Å². The monoisotopic (exact) mass is 276 g/mol. The van der Waals surface area contributed by atoms with Gasteiger partial charge < -0.3 is 9.88 Å². The predicted molar refractivity (Wildman–Crippen MR) is 82.8 cm³/mol. The lowest BCUT2D eigenvalue weighted by molar-refractivity contribution is 0.0822. The highest BCUT2D eigenvalue weighted by molar-refractivity contribution is 5.93. The quantitative estimate of drug-likeness (QED) is 0.878. The molecule has 0 bridgehead atoms. The van der Waals surface area contributed by atoms with Gasteiger partial charge in [-0.3, -0.25) is 4.79 Å². The summed E-state index contributed by atoms with van der Waals surface area (Å²) in [7, 11) is 1.95. The fourth-order valence-corrected chi connectivity index (χ4v) is 3.42. The SMILES string of the molecule is Cc1ccc(C(=O)NC2CCCCC2C(C)(C)C)n1C. The van der Waals surface area contributed by atoms with Crippen LogP contribution in [0.25, 0.3) is 0 Å². The van der Waals surface area contributed by atoms with E-state index in [1.165, 1.54) is 19.3 Å². The van der Waals surface area contributed by atoms with Crippen LogP contribution >= 0.6 is 0 Å². The Morgan fingerprint density at radius 3 is 2.45 bits per heavy atom. The van der Waals surface area contributed by atoms with Crippen LogP contribution in [0.1, 0.15) is 62.6 Å². The Balaban J connectivity index is 2.11. The van der Waals surface area contributed by atoms with E-state index in [0.717, 1.165) is 17.8 Å². The van der Waals surface area contributed by atoms with E-state index < -0.39 is 0 Å². The molecule has 0 radical (unpaired) electrons. The molecule has 3 nitrogen and oxygen atoms in total. The summed E-state index contributed by atoms with van der Waals surface area (Å²) in [5.74, 6) is 0.642. The van der Waals surface area contributed by atoms with Gasteiger partial charge in [-0.1, -0.05) is 33.6 Å². The Morgan fingerprint density at radius 2 is 1.90 bits per heavy atom. The zero-order chi connectivity index (χ0) is 14.9. The maximum absolute atomic E-state index is 12.5.